The molecule has 2 aliphatic rings. The molecule has 6 heteroatoms. The van der Waals surface area contributed by atoms with Crippen molar-refractivity contribution in [1.29, 1.82) is 0 Å². The number of hydrogen-bond donors (Lipinski definition) is 2. The lowest BCUT2D eigenvalue weighted by Gasteiger charge is -2.39. The Balaban J connectivity index is 2.02. The van der Waals surface area contributed by atoms with Crippen molar-refractivity contribution in [3.63, 3.8) is 0 Å². The molecular formula is C14H26N4O2. The van der Waals surface area contributed by atoms with Crippen molar-refractivity contribution >= 4 is 11.8 Å². The van der Waals surface area contributed by atoms with E-state index >= 15 is 0 Å². The van der Waals surface area contributed by atoms with Gasteiger partial charge in [-0.15, -0.1) is 0 Å². The van der Waals surface area contributed by atoms with Gasteiger partial charge in [0.15, 0.2) is 0 Å². The van der Waals surface area contributed by atoms with E-state index in [1.807, 2.05) is 6.92 Å². The Bertz CT molecular complexity index is 355. The van der Waals surface area contributed by atoms with E-state index in [2.05, 4.69) is 15.5 Å². The third-order valence-electron chi connectivity index (χ3n) is 4.39. The van der Waals surface area contributed by atoms with Gasteiger partial charge in [0.25, 0.3) is 0 Å². The number of likely N-dealkylation sites (tertiary alicyclic amines) is 1. The molecule has 2 amide bonds. The van der Waals surface area contributed by atoms with Crippen LogP contribution in [0.25, 0.3) is 0 Å². The third-order valence-corrected chi connectivity index (χ3v) is 4.39. The van der Waals surface area contributed by atoms with Gasteiger partial charge in [0.2, 0.25) is 11.8 Å². The lowest BCUT2D eigenvalue weighted by atomic mass is 10.00. The summed E-state index contributed by atoms with van der Waals surface area (Å²) < 4.78 is 0. The number of nitrogens with zero attached hydrogens (tertiary/aromatic N) is 2. The summed E-state index contributed by atoms with van der Waals surface area (Å²) in [6.45, 7) is 6.31. The zero-order chi connectivity index (χ0) is 14.5. The summed E-state index contributed by atoms with van der Waals surface area (Å²) in [6, 6.07) is -0.422. The number of piperidine rings is 1. The molecule has 2 atom stereocenters. The van der Waals surface area contributed by atoms with Crippen molar-refractivity contribution in [2.75, 3.05) is 39.8 Å². The molecule has 0 aliphatic carbocycles. The van der Waals surface area contributed by atoms with E-state index in [9.17, 15) is 9.59 Å². The zero-order valence-corrected chi connectivity index (χ0v) is 12.5. The highest BCUT2D eigenvalue weighted by Gasteiger charge is 2.35. The molecule has 0 radical (unpaired) electrons. The average molecular weight is 282 g/mol. The predicted octanol–water partition coefficient (Wildman–Crippen LogP) is -0.593. The number of rotatable bonds is 3. The van der Waals surface area contributed by atoms with Crippen LogP contribution in [0, 0.1) is 0 Å². The van der Waals surface area contributed by atoms with Crippen molar-refractivity contribution in [2.45, 2.75) is 38.3 Å². The molecule has 6 nitrogen and oxygen atoms in total. The van der Waals surface area contributed by atoms with Gasteiger partial charge in [-0.25, -0.2) is 0 Å². The SMILES string of the molecule is CNC(=O)C1CCCCN1C(=O)C(C)N1CCNCC1. The van der Waals surface area contributed by atoms with Crippen LogP contribution in [-0.2, 0) is 9.59 Å². The Morgan fingerprint density at radius 2 is 1.90 bits per heavy atom. The molecule has 2 heterocycles. The average Bonchev–Trinajstić information content (AvgIpc) is 2.53. The molecule has 2 aliphatic heterocycles. The summed E-state index contributed by atoms with van der Waals surface area (Å²) in [5.41, 5.74) is 0. The number of piperazine rings is 1. The Kier molecular flexibility index (Phi) is 5.37. The number of amides is 2. The highest BCUT2D eigenvalue weighted by molar-refractivity contribution is 5.89. The standard InChI is InChI=1S/C14H26N4O2/c1-11(17-9-6-16-7-10-17)14(20)18-8-4-3-5-12(18)13(19)15-2/h11-12,16H,3-10H2,1-2H3,(H,15,19). The van der Waals surface area contributed by atoms with E-state index < -0.39 is 0 Å². The number of carbonyl (C=O) groups is 2. The zero-order valence-electron chi connectivity index (χ0n) is 12.5. The predicted molar refractivity (Wildman–Crippen MR) is 77.3 cm³/mol. The second-order valence-electron chi connectivity index (χ2n) is 5.62. The first-order valence-corrected chi connectivity index (χ1v) is 7.62. The van der Waals surface area contributed by atoms with Crippen LogP contribution in [-0.4, -0.2) is 73.5 Å². The number of likely N-dealkylation sites (N-methyl/N-ethyl adjacent to an activating group) is 1. The number of nitrogens with one attached hydrogen (secondary N) is 2. The van der Waals surface area contributed by atoms with Crippen LogP contribution in [0.1, 0.15) is 26.2 Å². The fraction of sp³-hybridized carbons (Fsp3) is 0.857. The van der Waals surface area contributed by atoms with Crippen molar-refractivity contribution in [3.8, 4) is 0 Å². The Hall–Kier alpha value is -1.14. The Morgan fingerprint density at radius 3 is 2.55 bits per heavy atom. The monoisotopic (exact) mass is 282 g/mol. The van der Waals surface area contributed by atoms with Gasteiger partial charge in [0, 0.05) is 39.8 Å². The van der Waals surface area contributed by atoms with Crippen LogP contribution in [0.3, 0.4) is 0 Å². The highest BCUT2D eigenvalue weighted by Crippen LogP contribution is 2.19. The van der Waals surface area contributed by atoms with E-state index in [0.29, 0.717) is 6.54 Å². The van der Waals surface area contributed by atoms with Gasteiger partial charge < -0.3 is 15.5 Å². The Labute approximate surface area is 120 Å². The summed E-state index contributed by atoms with van der Waals surface area (Å²) in [5, 5.41) is 5.98. The number of hydrogen-bond acceptors (Lipinski definition) is 4. The van der Waals surface area contributed by atoms with Crippen molar-refractivity contribution in [2.24, 2.45) is 0 Å². The molecule has 2 N–H and O–H groups in total. The normalized spacial score (nSPS) is 26.1. The maximum Gasteiger partial charge on any atom is 0.242 e. The number of carbonyl (C=O) groups excluding carboxylic acids is 2. The van der Waals surface area contributed by atoms with Crippen molar-refractivity contribution in [3.05, 3.63) is 0 Å². The van der Waals surface area contributed by atoms with Gasteiger partial charge in [-0.2, -0.15) is 0 Å². The van der Waals surface area contributed by atoms with Crippen LogP contribution >= 0.6 is 0 Å². The smallest absolute Gasteiger partial charge is 0.242 e. The van der Waals surface area contributed by atoms with E-state index in [4.69, 9.17) is 0 Å². The van der Waals surface area contributed by atoms with E-state index in [0.717, 1.165) is 45.4 Å². The summed E-state index contributed by atoms with van der Waals surface area (Å²) >= 11 is 0. The topological polar surface area (TPSA) is 64.7 Å². The van der Waals surface area contributed by atoms with Crippen LogP contribution in [0.5, 0.6) is 0 Å². The maximum absolute atomic E-state index is 12.7. The maximum atomic E-state index is 12.7. The molecule has 0 aromatic carbocycles. The molecule has 0 aromatic heterocycles. The minimum absolute atomic E-state index is 0.0365. The highest BCUT2D eigenvalue weighted by atomic mass is 16.2. The second-order valence-corrected chi connectivity index (χ2v) is 5.62. The van der Waals surface area contributed by atoms with Crippen LogP contribution in [0.4, 0.5) is 0 Å². The summed E-state index contributed by atoms with van der Waals surface area (Å²) in [7, 11) is 1.64. The lowest BCUT2D eigenvalue weighted by molar-refractivity contribution is -0.146. The molecule has 20 heavy (non-hydrogen) atoms. The van der Waals surface area contributed by atoms with E-state index in [1.54, 1.807) is 11.9 Å². The van der Waals surface area contributed by atoms with Gasteiger partial charge in [-0.05, 0) is 26.2 Å². The van der Waals surface area contributed by atoms with Crippen molar-refractivity contribution < 1.29 is 9.59 Å². The molecule has 0 bridgehead atoms. The minimum atomic E-state index is -0.286. The molecule has 2 fully saturated rings. The van der Waals surface area contributed by atoms with Gasteiger partial charge >= 0.3 is 0 Å². The van der Waals surface area contributed by atoms with Gasteiger partial charge in [0.05, 0.1) is 6.04 Å². The molecule has 0 aromatic rings. The molecule has 0 saturated carbocycles. The van der Waals surface area contributed by atoms with Gasteiger partial charge in [-0.1, -0.05) is 0 Å². The van der Waals surface area contributed by atoms with Crippen molar-refractivity contribution in [1.82, 2.24) is 20.4 Å². The lowest BCUT2D eigenvalue weighted by Crippen LogP contribution is -2.58. The van der Waals surface area contributed by atoms with Gasteiger partial charge in [-0.3, -0.25) is 14.5 Å². The summed E-state index contributed by atoms with van der Waals surface area (Å²) in [6.07, 6.45) is 2.79. The molecular weight excluding hydrogens is 256 g/mol. The molecule has 0 spiro atoms. The first kappa shape index (κ1) is 15.3. The Morgan fingerprint density at radius 1 is 1.20 bits per heavy atom. The van der Waals surface area contributed by atoms with Crippen LogP contribution < -0.4 is 10.6 Å². The van der Waals surface area contributed by atoms with Crippen LogP contribution in [0.2, 0.25) is 0 Å². The first-order valence-electron chi connectivity index (χ1n) is 7.62. The van der Waals surface area contributed by atoms with E-state index in [-0.39, 0.29) is 23.9 Å². The summed E-state index contributed by atoms with van der Waals surface area (Å²) in [4.78, 5) is 28.7. The quantitative estimate of drug-likeness (QED) is 0.726. The molecule has 2 unspecified atom stereocenters. The fourth-order valence-electron chi connectivity index (χ4n) is 3.10. The largest absolute Gasteiger partial charge is 0.357 e. The van der Waals surface area contributed by atoms with E-state index in [1.165, 1.54) is 0 Å². The molecule has 2 saturated heterocycles. The molecule has 2 rings (SSSR count). The molecule has 114 valence electrons. The van der Waals surface area contributed by atoms with Crippen LogP contribution in [0.15, 0.2) is 0 Å². The second kappa shape index (κ2) is 7.04. The van der Waals surface area contributed by atoms with Gasteiger partial charge in [0.1, 0.15) is 6.04 Å². The minimum Gasteiger partial charge on any atom is -0.357 e. The fourth-order valence-corrected chi connectivity index (χ4v) is 3.10. The third kappa shape index (κ3) is 3.30. The first-order chi connectivity index (χ1) is 9.65. The summed E-state index contributed by atoms with van der Waals surface area (Å²) in [5.74, 6) is 0.0609.